The second kappa shape index (κ2) is 7.76. The highest BCUT2D eigenvalue weighted by Crippen LogP contribution is 2.04. The summed E-state index contributed by atoms with van der Waals surface area (Å²) in [6.07, 6.45) is 0.0681. The predicted molar refractivity (Wildman–Crippen MR) is 72.9 cm³/mol. The van der Waals surface area contributed by atoms with Gasteiger partial charge in [-0.25, -0.2) is 0 Å². The molecular formula is C13H17ClN2O3. The first-order valence-corrected chi connectivity index (χ1v) is 5.96. The molecule has 19 heavy (non-hydrogen) atoms. The summed E-state index contributed by atoms with van der Waals surface area (Å²) >= 11 is 0. The molecule has 0 saturated carbocycles. The van der Waals surface area contributed by atoms with Crippen molar-refractivity contribution in [3.8, 4) is 0 Å². The molecule has 5 nitrogen and oxygen atoms in total. The monoisotopic (exact) mass is 284 g/mol. The topological polar surface area (TPSA) is 67.4 Å². The number of hydrogen-bond acceptors (Lipinski definition) is 4. The van der Waals surface area contributed by atoms with Gasteiger partial charge >= 0.3 is 5.97 Å². The molecule has 1 saturated heterocycles. The lowest BCUT2D eigenvalue weighted by molar-refractivity contribution is -0.147. The van der Waals surface area contributed by atoms with Gasteiger partial charge in [-0.3, -0.25) is 9.59 Å². The van der Waals surface area contributed by atoms with Gasteiger partial charge in [0.15, 0.2) is 0 Å². The molecule has 1 aromatic carbocycles. The van der Waals surface area contributed by atoms with E-state index in [1.165, 1.54) is 0 Å². The molecule has 2 N–H and O–H groups in total. The fraction of sp³-hybridized carbons (Fsp3) is 0.385. The number of carbonyl (C=O) groups excluding carboxylic acids is 2. The van der Waals surface area contributed by atoms with Crippen LogP contribution in [0.3, 0.4) is 0 Å². The number of benzene rings is 1. The highest BCUT2D eigenvalue weighted by molar-refractivity contribution is 5.87. The fourth-order valence-corrected chi connectivity index (χ4v) is 1.78. The fourth-order valence-electron chi connectivity index (χ4n) is 1.78. The zero-order valence-electron chi connectivity index (χ0n) is 10.4. The van der Waals surface area contributed by atoms with Crippen molar-refractivity contribution in [2.45, 2.75) is 19.1 Å². The quantitative estimate of drug-likeness (QED) is 0.796. The number of carbonyl (C=O) groups is 2. The van der Waals surface area contributed by atoms with Gasteiger partial charge < -0.3 is 15.4 Å². The molecule has 0 spiro atoms. The van der Waals surface area contributed by atoms with Crippen molar-refractivity contribution in [1.29, 1.82) is 0 Å². The van der Waals surface area contributed by atoms with E-state index in [-0.39, 0.29) is 37.3 Å². The molecule has 1 unspecified atom stereocenters. The Kier molecular flexibility index (Phi) is 6.32. The number of piperazine rings is 1. The first kappa shape index (κ1) is 15.5. The Balaban J connectivity index is 0.00000180. The van der Waals surface area contributed by atoms with E-state index in [0.717, 1.165) is 5.56 Å². The van der Waals surface area contributed by atoms with E-state index >= 15 is 0 Å². The molecule has 1 fully saturated rings. The summed E-state index contributed by atoms with van der Waals surface area (Å²) in [4.78, 5) is 23.0. The van der Waals surface area contributed by atoms with Crippen LogP contribution >= 0.6 is 12.4 Å². The van der Waals surface area contributed by atoms with Gasteiger partial charge in [-0.2, -0.15) is 0 Å². The summed E-state index contributed by atoms with van der Waals surface area (Å²) in [5.74, 6) is -0.508. The standard InChI is InChI=1S/C13H16N2O3.ClH/c16-12(8-11-13(17)15-7-6-14-11)18-9-10-4-2-1-3-5-10;/h1-5,11,14H,6-9H2,(H,15,17);1H. The van der Waals surface area contributed by atoms with Gasteiger partial charge in [0.25, 0.3) is 0 Å². The average Bonchev–Trinajstić information content (AvgIpc) is 2.40. The van der Waals surface area contributed by atoms with Crippen molar-refractivity contribution in [1.82, 2.24) is 10.6 Å². The molecule has 104 valence electrons. The maximum Gasteiger partial charge on any atom is 0.308 e. The van der Waals surface area contributed by atoms with Gasteiger partial charge in [0, 0.05) is 13.1 Å². The minimum atomic E-state index is -0.470. The van der Waals surface area contributed by atoms with Crippen molar-refractivity contribution in [3.63, 3.8) is 0 Å². The van der Waals surface area contributed by atoms with Gasteiger partial charge in [0.2, 0.25) is 5.91 Å². The predicted octanol–water partition coefficient (Wildman–Crippen LogP) is 0.630. The van der Waals surface area contributed by atoms with E-state index in [2.05, 4.69) is 10.6 Å². The molecule has 2 rings (SSSR count). The zero-order chi connectivity index (χ0) is 12.8. The van der Waals surface area contributed by atoms with Crippen LogP contribution in [0.5, 0.6) is 0 Å². The van der Waals surface area contributed by atoms with Crippen LogP contribution in [-0.4, -0.2) is 31.0 Å². The van der Waals surface area contributed by atoms with E-state index < -0.39 is 6.04 Å². The normalized spacial score (nSPS) is 18.1. The molecule has 0 aromatic heterocycles. The molecule has 1 aliphatic rings. The van der Waals surface area contributed by atoms with Crippen LogP contribution in [0.4, 0.5) is 0 Å². The Labute approximate surface area is 118 Å². The lowest BCUT2D eigenvalue weighted by Crippen LogP contribution is -2.53. The molecular weight excluding hydrogens is 268 g/mol. The molecule has 1 aliphatic heterocycles. The third-order valence-corrected chi connectivity index (χ3v) is 2.74. The number of hydrogen-bond donors (Lipinski definition) is 2. The van der Waals surface area contributed by atoms with Crippen LogP contribution in [0.2, 0.25) is 0 Å². The van der Waals surface area contributed by atoms with Gasteiger partial charge in [-0.15, -0.1) is 12.4 Å². The highest BCUT2D eigenvalue weighted by Gasteiger charge is 2.24. The maximum absolute atomic E-state index is 11.6. The minimum absolute atomic E-state index is 0. The van der Waals surface area contributed by atoms with Crippen LogP contribution in [-0.2, 0) is 20.9 Å². The van der Waals surface area contributed by atoms with E-state index in [1.807, 2.05) is 30.3 Å². The summed E-state index contributed by atoms with van der Waals surface area (Å²) < 4.78 is 5.12. The molecule has 1 aromatic rings. The second-order valence-corrected chi connectivity index (χ2v) is 4.15. The first-order valence-electron chi connectivity index (χ1n) is 5.96. The molecule has 0 aliphatic carbocycles. The van der Waals surface area contributed by atoms with Gasteiger partial charge in [-0.1, -0.05) is 30.3 Å². The summed E-state index contributed by atoms with van der Waals surface area (Å²) in [5, 5.41) is 5.69. The van der Waals surface area contributed by atoms with Crippen molar-refractivity contribution in [3.05, 3.63) is 35.9 Å². The average molecular weight is 285 g/mol. The molecule has 1 atom stereocenters. The Morgan fingerprint density at radius 2 is 2.00 bits per heavy atom. The van der Waals surface area contributed by atoms with Crippen LogP contribution in [0.25, 0.3) is 0 Å². The summed E-state index contributed by atoms with van der Waals surface area (Å²) in [6, 6.07) is 8.99. The van der Waals surface area contributed by atoms with E-state index in [0.29, 0.717) is 13.1 Å². The Morgan fingerprint density at radius 1 is 1.26 bits per heavy atom. The Morgan fingerprint density at radius 3 is 2.68 bits per heavy atom. The highest BCUT2D eigenvalue weighted by atomic mass is 35.5. The van der Waals surface area contributed by atoms with Crippen LogP contribution in [0.15, 0.2) is 30.3 Å². The molecule has 1 amide bonds. The summed E-state index contributed by atoms with van der Waals surface area (Å²) in [5.41, 5.74) is 0.937. The Hall–Kier alpha value is -1.59. The lowest BCUT2D eigenvalue weighted by atomic mass is 10.1. The van der Waals surface area contributed by atoms with Crippen LogP contribution in [0, 0.1) is 0 Å². The number of ether oxygens (including phenoxy) is 1. The van der Waals surface area contributed by atoms with Crippen LogP contribution in [0.1, 0.15) is 12.0 Å². The minimum Gasteiger partial charge on any atom is -0.461 e. The lowest BCUT2D eigenvalue weighted by Gasteiger charge is -2.22. The number of rotatable bonds is 4. The zero-order valence-corrected chi connectivity index (χ0v) is 11.2. The number of amides is 1. The van der Waals surface area contributed by atoms with E-state index in [1.54, 1.807) is 0 Å². The van der Waals surface area contributed by atoms with E-state index in [9.17, 15) is 9.59 Å². The van der Waals surface area contributed by atoms with Gasteiger partial charge in [0.05, 0.1) is 12.5 Å². The van der Waals surface area contributed by atoms with Crippen LogP contribution < -0.4 is 10.6 Å². The largest absolute Gasteiger partial charge is 0.461 e. The van der Waals surface area contributed by atoms with Crippen molar-refractivity contribution in [2.75, 3.05) is 13.1 Å². The summed E-state index contributed by atoms with van der Waals surface area (Å²) in [7, 11) is 0. The number of halogens is 1. The SMILES string of the molecule is Cl.O=C(CC1NCCNC1=O)OCc1ccccc1. The summed E-state index contributed by atoms with van der Waals surface area (Å²) in [6.45, 7) is 1.53. The number of nitrogens with one attached hydrogen (secondary N) is 2. The third-order valence-electron chi connectivity index (χ3n) is 2.74. The maximum atomic E-state index is 11.6. The van der Waals surface area contributed by atoms with Gasteiger partial charge in [-0.05, 0) is 5.56 Å². The van der Waals surface area contributed by atoms with E-state index in [4.69, 9.17) is 4.74 Å². The van der Waals surface area contributed by atoms with Crippen molar-refractivity contribution in [2.24, 2.45) is 0 Å². The first-order chi connectivity index (χ1) is 8.75. The smallest absolute Gasteiger partial charge is 0.308 e. The molecule has 0 bridgehead atoms. The van der Waals surface area contributed by atoms with Gasteiger partial charge in [0.1, 0.15) is 6.61 Å². The third kappa shape index (κ3) is 4.89. The molecule has 0 radical (unpaired) electrons. The molecule has 1 heterocycles. The van der Waals surface area contributed by atoms with Crippen molar-refractivity contribution >= 4 is 24.3 Å². The number of esters is 1. The molecule has 6 heteroatoms. The van der Waals surface area contributed by atoms with Crippen molar-refractivity contribution < 1.29 is 14.3 Å². The Bertz CT molecular complexity index is 425. The second-order valence-electron chi connectivity index (χ2n) is 4.15.